The number of ether oxygens (including phenoxy) is 1. The first-order chi connectivity index (χ1) is 10.3. The zero-order valence-corrected chi connectivity index (χ0v) is 14.5. The minimum atomic E-state index is -0.484. The number of hydrogen-bond donors (Lipinski definition) is 1. The summed E-state index contributed by atoms with van der Waals surface area (Å²) in [6.45, 7) is 12.8. The molecule has 2 aliphatic heterocycles. The second-order valence-corrected chi connectivity index (χ2v) is 7.84. The zero-order chi connectivity index (χ0) is 16.1. The van der Waals surface area contributed by atoms with Crippen molar-refractivity contribution < 1.29 is 9.84 Å². The Morgan fingerprint density at radius 1 is 1.27 bits per heavy atom. The van der Waals surface area contributed by atoms with Crippen LogP contribution in [-0.4, -0.2) is 34.7 Å². The molecular weight excluding hydrogens is 274 g/mol. The van der Waals surface area contributed by atoms with Gasteiger partial charge in [0.05, 0.1) is 6.04 Å². The number of benzene rings is 1. The van der Waals surface area contributed by atoms with Crippen LogP contribution in [0.15, 0.2) is 12.1 Å². The zero-order valence-electron chi connectivity index (χ0n) is 14.5. The predicted molar refractivity (Wildman–Crippen MR) is 89.3 cm³/mol. The lowest BCUT2D eigenvalue weighted by Gasteiger charge is -2.50. The van der Waals surface area contributed by atoms with Crippen LogP contribution in [0.1, 0.15) is 56.4 Å². The van der Waals surface area contributed by atoms with Crippen molar-refractivity contribution in [2.75, 3.05) is 13.1 Å². The van der Waals surface area contributed by atoms with Crippen molar-refractivity contribution in [3.05, 3.63) is 28.8 Å². The van der Waals surface area contributed by atoms with Crippen molar-refractivity contribution in [3.8, 4) is 5.75 Å². The summed E-state index contributed by atoms with van der Waals surface area (Å²) in [5.74, 6) is 1.57. The molecule has 1 aromatic carbocycles. The quantitative estimate of drug-likeness (QED) is 0.860. The molecule has 2 aliphatic rings. The highest BCUT2D eigenvalue weighted by Gasteiger charge is 2.47. The maximum absolute atomic E-state index is 11.1. The molecule has 3 heteroatoms. The Bertz CT molecular complexity index is 567. The molecule has 0 saturated carbocycles. The number of likely N-dealkylation sites (tertiary alicyclic amines) is 1. The standard InChI is InChI=1S/C19H29NO2/c1-12-7-6-8-20(11-12)18-16(21)15-10-13(2)9-14(3)17(15)22-19(18,4)5/h9-10,12,16,18,21H,6-8,11H2,1-5H3. The van der Waals surface area contributed by atoms with Gasteiger partial charge in [-0.3, -0.25) is 4.90 Å². The van der Waals surface area contributed by atoms with E-state index in [-0.39, 0.29) is 11.6 Å². The van der Waals surface area contributed by atoms with E-state index < -0.39 is 6.10 Å². The molecule has 0 bridgehead atoms. The average molecular weight is 303 g/mol. The molecule has 1 fully saturated rings. The van der Waals surface area contributed by atoms with Crippen LogP contribution >= 0.6 is 0 Å². The molecule has 0 aromatic heterocycles. The van der Waals surface area contributed by atoms with Gasteiger partial charge in [-0.2, -0.15) is 0 Å². The van der Waals surface area contributed by atoms with E-state index in [0.29, 0.717) is 5.92 Å². The van der Waals surface area contributed by atoms with Gasteiger partial charge in [0.15, 0.2) is 0 Å². The van der Waals surface area contributed by atoms with E-state index in [2.05, 4.69) is 51.7 Å². The molecule has 1 aromatic rings. The van der Waals surface area contributed by atoms with E-state index in [0.717, 1.165) is 30.0 Å². The lowest BCUT2D eigenvalue weighted by atomic mass is 9.82. The van der Waals surface area contributed by atoms with Gasteiger partial charge in [-0.15, -0.1) is 0 Å². The first kappa shape index (κ1) is 15.8. The fourth-order valence-corrected chi connectivity index (χ4v) is 4.34. The van der Waals surface area contributed by atoms with Gasteiger partial charge < -0.3 is 9.84 Å². The maximum atomic E-state index is 11.1. The van der Waals surface area contributed by atoms with Crippen LogP contribution in [0.3, 0.4) is 0 Å². The SMILES string of the molecule is Cc1cc(C)c2c(c1)C(O)C(N1CCCC(C)C1)C(C)(C)O2. The number of fused-ring (bicyclic) bond motifs is 1. The van der Waals surface area contributed by atoms with Gasteiger partial charge in [0.2, 0.25) is 0 Å². The van der Waals surface area contributed by atoms with E-state index >= 15 is 0 Å². The first-order valence-corrected chi connectivity index (χ1v) is 8.52. The van der Waals surface area contributed by atoms with Gasteiger partial charge >= 0.3 is 0 Å². The molecule has 1 saturated heterocycles. The van der Waals surface area contributed by atoms with Crippen molar-refractivity contribution in [2.45, 2.75) is 65.2 Å². The van der Waals surface area contributed by atoms with Crippen molar-refractivity contribution in [1.82, 2.24) is 4.90 Å². The molecule has 0 aliphatic carbocycles. The molecule has 3 unspecified atom stereocenters. The summed E-state index contributed by atoms with van der Waals surface area (Å²) in [6.07, 6.45) is 2.01. The Balaban J connectivity index is 2.00. The highest BCUT2D eigenvalue weighted by atomic mass is 16.5. The molecule has 122 valence electrons. The molecule has 0 amide bonds. The fourth-order valence-electron chi connectivity index (χ4n) is 4.34. The summed E-state index contributed by atoms with van der Waals surface area (Å²) in [6, 6.07) is 4.23. The van der Waals surface area contributed by atoms with Gasteiger partial charge in [0, 0.05) is 12.1 Å². The predicted octanol–water partition coefficient (Wildman–Crippen LogP) is 3.61. The number of aliphatic hydroxyl groups excluding tert-OH is 1. The minimum absolute atomic E-state index is 0.0175. The van der Waals surface area contributed by atoms with E-state index in [9.17, 15) is 5.11 Å². The van der Waals surface area contributed by atoms with Crippen LogP contribution in [0.4, 0.5) is 0 Å². The number of aryl methyl sites for hydroxylation is 2. The lowest BCUT2D eigenvalue weighted by Crippen LogP contribution is -2.59. The summed E-state index contributed by atoms with van der Waals surface area (Å²) >= 11 is 0. The Kier molecular flexibility index (Phi) is 3.98. The van der Waals surface area contributed by atoms with Crippen LogP contribution in [0.2, 0.25) is 0 Å². The molecule has 3 rings (SSSR count). The van der Waals surface area contributed by atoms with Gasteiger partial charge in [-0.05, 0) is 64.6 Å². The minimum Gasteiger partial charge on any atom is -0.485 e. The number of aliphatic hydroxyl groups is 1. The van der Waals surface area contributed by atoms with Gasteiger partial charge in [-0.25, -0.2) is 0 Å². The maximum Gasteiger partial charge on any atom is 0.128 e. The van der Waals surface area contributed by atoms with E-state index in [1.165, 1.54) is 18.4 Å². The van der Waals surface area contributed by atoms with Crippen LogP contribution in [0, 0.1) is 19.8 Å². The number of rotatable bonds is 1. The molecule has 2 heterocycles. The van der Waals surface area contributed by atoms with Crippen LogP contribution in [-0.2, 0) is 0 Å². The largest absolute Gasteiger partial charge is 0.485 e. The normalized spacial score (nSPS) is 31.5. The van der Waals surface area contributed by atoms with Gasteiger partial charge in [0.1, 0.15) is 17.5 Å². The molecule has 3 nitrogen and oxygen atoms in total. The summed E-state index contributed by atoms with van der Waals surface area (Å²) in [5, 5.41) is 11.1. The van der Waals surface area contributed by atoms with Crippen molar-refractivity contribution in [1.29, 1.82) is 0 Å². The highest BCUT2D eigenvalue weighted by Crippen LogP contribution is 2.44. The summed E-state index contributed by atoms with van der Waals surface area (Å²) in [5.41, 5.74) is 2.88. The Hall–Kier alpha value is -1.06. The first-order valence-electron chi connectivity index (χ1n) is 8.52. The topological polar surface area (TPSA) is 32.7 Å². The molecule has 1 N–H and O–H groups in total. The third kappa shape index (κ3) is 2.65. The monoisotopic (exact) mass is 303 g/mol. The molecule has 22 heavy (non-hydrogen) atoms. The summed E-state index contributed by atoms with van der Waals surface area (Å²) < 4.78 is 6.37. The summed E-state index contributed by atoms with van der Waals surface area (Å²) in [7, 11) is 0. The number of nitrogens with zero attached hydrogens (tertiary/aromatic N) is 1. The Labute approximate surface area is 134 Å². The molecule has 0 radical (unpaired) electrons. The Morgan fingerprint density at radius 3 is 2.68 bits per heavy atom. The van der Waals surface area contributed by atoms with E-state index in [4.69, 9.17) is 4.74 Å². The molecule has 3 atom stereocenters. The van der Waals surface area contributed by atoms with Crippen molar-refractivity contribution in [2.24, 2.45) is 5.92 Å². The molecular formula is C19H29NO2. The van der Waals surface area contributed by atoms with Crippen LogP contribution < -0.4 is 4.74 Å². The van der Waals surface area contributed by atoms with Crippen LogP contribution in [0.5, 0.6) is 5.75 Å². The second-order valence-electron chi connectivity index (χ2n) is 7.84. The van der Waals surface area contributed by atoms with Gasteiger partial charge in [0.25, 0.3) is 0 Å². The smallest absolute Gasteiger partial charge is 0.128 e. The second kappa shape index (κ2) is 5.54. The third-order valence-corrected chi connectivity index (χ3v) is 5.22. The summed E-state index contributed by atoms with van der Waals surface area (Å²) in [4.78, 5) is 2.44. The fraction of sp³-hybridized carbons (Fsp3) is 0.684. The molecule has 0 spiro atoms. The van der Waals surface area contributed by atoms with Crippen molar-refractivity contribution in [3.63, 3.8) is 0 Å². The van der Waals surface area contributed by atoms with E-state index in [1.807, 2.05) is 0 Å². The Morgan fingerprint density at radius 2 is 2.00 bits per heavy atom. The van der Waals surface area contributed by atoms with Gasteiger partial charge in [-0.1, -0.05) is 18.6 Å². The third-order valence-electron chi connectivity index (χ3n) is 5.22. The van der Waals surface area contributed by atoms with Crippen molar-refractivity contribution >= 4 is 0 Å². The van der Waals surface area contributed by atoms with E-state index in [1.54, 1.807) is 0 Å². The highest BCUT2D eigenvalue weighted by molar-refractivity contribution is 5.48. The lowest BCUT2D eigenvalue weighted by molar-refractivity contribution is -0.0923. The number of hydrogen-bond acceptors (Lipinski definition) is 3. The number of piperidine rings is 1. The average Bonchev–Trinajstić information content (AvgIpc) is 2.40. The van der Waals surface area contributed by atoms with Crippen LogP contribution in [0.25, 0.3) is 0 Å².